The number of aromatic nitrogens is 3. The van der Waals surface area contributed by atoms with Gasteiger partial charge in [0.1, 0.15) is 30.0 Å². The third-order valence-electron chi connectivity index (χ3n) is 7.31. The summed E-state index contributed by atoms with van der Waals surface area (Å²) in [5.41, 5.74) is 3.06. The van der Waals surface area contributed by atoms with Gasteiger partial charge in [0.05, 0.1) is 31.6 Å². The summed E-state index contributed by atoms with van der Waals surface area (Å²) in [6.45, 7) is 0. The predicted octanol–water partition coefficient (Wildman–Crippen LogP) is 5.53. The number of nitrogens with zero attached hydrogens (tertiary/aromatic N) is 4. The minimum atomic E-state index is -0.591. The molecule has 11 nitrogen and oxygen atoms in total. The highest BCUT2D eigenvalue weighted by Gasteiger charge is 2.26. The molecule has 0 atom stereocenters. The van der Waals surface area contributed by atoms with Gasteiger partial charge in [0.15, 0.2) is 11.5 Å². The zero-order valence-corrected chi connectivity index (χ0v) is 24.4. The van der Waals surface area contributed by atoms with Gasteiger partial charge in [0.2, 0.25) is 0 Å². The number of fused-ring (bicyclic) bond motifs is 2. The SMILES string of the molecule is CO/N=C1\CCCc2c1cc(C(=O)Nc1ccc(Oc3ccnc4cc(OC)c(OC)cc34)cn1)c(=O)n2-c1ccccc1. The summed E-state index contributed by atoms with van der Waals surface area (Å²) in [4.78, 5) is 41.1. The molecule has 0 unspecified atom stereocenters. The summed E-state index contributed by atoms with van der Waals surface area (Å²) in [6, 6.07) is 19.4. The fraction of sp³-hybridized carbons (Fsp3) is 0.182. The standard InChI is InChI=1S/C33H29N5O6/c1-41-29-17-23-26(18-30(29)42-2)34-15-14-28(23)44-21-12-13-31(35-19-21)36-32(39)24-16-22-25(37-43-3)10-7-11-27(22)38(33(24)40)20-8-5-4-6-9-20/h4-6,8-9,12-19H,7,10-11H2,1-3H3,(H,35,36,39)/b37-25+. The Kier molecular flexibility index (Phi) is 7.92. The lowest BCUT2D eigenvalue weighted by atomic mass is 9.92. The van der Waals surface area contributed by atoms with E-state index in [-0.39, 0.29) is 11.4 Å². The van der Waals surface area contributed by atoms with Crippen LogP contribution in [0.5, 0.6) is 23.0 Å². The van der Waals surface area contributed by atoms with Crippen LogP contribution in [0.2, 0.25) is 0 Å². The Morgan fingerprint density at radius 3 is 2.43 bits per heavy atom. The quantitative estimate of drug-likeness (QED) is 0.234. The maximum Gasteiger partial charge on any atom is 0.268 e. The van der Waals surface area contributed by atoms with Gasteiger partial charge in [-0.05, 0) is 61.7 Å². The van der Waals surface area contributed by atoms with Gasteiger partial charge in [-0.1, -0.05) is 23.4 Å². The highest BCUT2D eigenvalue weighted by atomic mass is 16.6. The number of carbonyl (C=O) groups is 1. The van der Waals surface area contributed by atoms with Crippen molar-refractivity contribution in [3.63, 3.8) is 0 Å². The van der Waals surface area contributed by atoms with Gasteiger partial charge in [0.25, 0.3) is 11.5 Å². The molecular weight excluding hydrogens is 562 g/mol. The molecule has 5 aromatic rings. The third kappa shape index (κ3) is 5.42. The number of pyridine rings is 3. The summed E-state index contributed by atoms with van der Waals surface area (Å²) in [5.74, 6) is 1.74. The van der Waals surface area contributed by atoms with Crippen LogP contribution < -0.4 is 25.1 Å². The molecule has 3 heterocycles. The Bertz CT molecular complexity index is 1940. The van der Waals surface area contributed by atoms with E-state index >= 15 is 0 Å². The Morgan fingerprint density at radius 1 is 0.909 bits per heavy atom. The van der Waals surface area contributed by atoms with Crippen molar-refractivity contribution < 1.29 is 23.8 Å². The summed E-state index contributed by atoms with van der Waals surface area (Å²) < 4.78 is 18.5. The number of nitrogens with one attached hydrogen (secondary N) is 1. The molecule has 1 amide bonds. The average Bonchev–Trinajstić information content (AvgIpc) is 3.05. The lowest BCUT2D eigenvalue weighted by molar-refractivity contribution is 0.102. The van der Waals surface area contributed by atoms with Crippen LogP contribution in [-0.2, 0) is 11.3 Å². The number of amides is 1. The molecule has 0 aliphatic heterocycles. The van der Waals surface area contributed by atoms with Crippen LogP contribution in [0.3, 0.4) is 0 Å². The molecule has 44 heavy (non-hydrogen) atoms. The molecule has 6 rings (SSSR count). The normalized spacial score (nSPS) is 13.3. The molecule has 0 saturated carbocycles. The molecule has 222 valence electrons. The second-order valence-electron chi connectivity index (χ2n) is 9.94. The molecule has 0 spiro atoms. The molecule has 2 aromatic carbocycles. The van der Waals surface area contributed by atoms with E-state index in [1.807, 2.05) is 30.3 Å². The number of carbonyl (C=O) groups excluding carboxylic acids is 1. The van der Waals surface area contributed by atoms with E-state index in [2.05, 4.69) is 20.4 Å². The number of methoxy groups -OCH3 is 2. The molecule has 1 N–H and O–H groups in total. The maximum atomic E-state index is 13.8. The van der Waals surface area contributed by atoms with Crippen LogP contribution in [0.1, 0.15) is 34.5 Å². The fourth-order valence-electron chi connectivity index (χ4n) is 5.29. The first-order chi connectivity index (χ1) is 21.5. The third-order valence-corrected chi connectivity index (χ3v) is 7.31. The molecule has 0 saturated heterocycles. The lowest BCUT2D eigenvalue weighted by Gasteiger charge is -2.23. The van der Waals surface area contributed by atoms with Crippen LogP contribution in [-0.4, -0.2) is 47.5 Å². The van der Waals surface area contributed by atoms with Crippen LogP contribution >= 0.6 is 0 Å². The van der Waals surface area contributed by atoms with E-state index in [9.17, 15) is 9.59 Å². The van der Waals surface area contributed by atoms with Crippen molar-refractivity contribution in [2.45, 2.75) is 19.3 Å². The summed E-state index contributed by atoms with van der Waals surface area (Å²) in [6.07, 6.45) is 5.27. The smallest absolute Gasteiger partial charge is 0.268 e. The van der Waals surface area contributed by atoms with E-state index in [4.69, 9.17) is 19.0 Å². The number of hydrogen-bond acceptors (Lipinski definition) is 9. The van der Waals surface area contributed by atoms with Gasteiger partial charge in [-0.25, -0.2) is 4.98 Å². The minimum Gasteiger partial charge on any atom is -0.493 e. The first kappa shape index (κ1) is 28.4. The van der Waals surface area contributed by atoms with E-state index < -0.39 is 11.5 Å². The van der Waals surface area contributed by atoms with Gasteiger partial charge in [-0.2, -0.15) is 0 Å². The van der Waals surface area contributed by atoms with Crippen LogP contribution in [0, 0.1) is 0 Å². The highest BCUT2D eigenvalue weighted by Crippen LogP contribution is 2.37. The van der Waals surface area contributed by atoms with Crippen molar-refractivity contribution in [1.82, 2.24) is 14.5 Å². The number of hydrogen-bond donors (Lipinski definition) is 1. The zero-order chi connectivity index (χ0) is 30.6. The molecule has 11 heteroatoms. The van der Waals surface area contributed by atoms with Crippen LogP contribution in [0.25, 0.3) is 16.6 Å². The largest absolute Gasteiger partial charge is 0.493 e. The lowest BCUT2D eigenvalue weighted by Crippen LogP contribution is -2.33. The summed E-state index contributed by atoms with van der Waals surface area (Å²) >= 11 is 0. The first-order valence-corrected chi connectivity index (χ1v) is 13.9. The Hall–Kier alpha value is -5.71. The molecule has 3 aromatic heterocycles. The van der Waals surface area contributed by atoms with Crippen molar-refractivity contribution in [2.75, 3.05) is 26.6 Å². The number of oxime groups is 1. The Labute approximate surface area is 252 Å². The zero-order valence-electron chi connectivity index (χ0n) is 24.4. The van der Waals surface area contributed by atoms with E-state index in [1.54, 1.807) is 61.4 Å². The van der Waals surface area contributed by atoms with Crippen LogP contribution in [0.4, 0.5) is 5.82 Å². The van der Waals surface area contributed by atoms with Gasteiger partial charge < -0.3 is 24.4 Å². The van der Waals surface area contributed by atoms with Crippen molar-refractivity contribution in [3.8, 4) is 28.7 Å². The molecule has 1 aliphatic rings. The Balaban J connectivity index is 1.29. The molecule has 0 bridgehead atoms. The predicted molar refractivity (Wildman–Crippen MR) is 166 cm³/mol. The van der Waals surface area contributed by atoms with Gasteiger partial charge >= 0.3 is 0 Å². The summed E-state index contributed by atoms with van der Waals surface area (Å²) in [5, 5.41) is 7.65. The van der Waals surface area contributed by atoms with Gasteiger partial charge in [0, 0.05) is 34.6 Å². The van der Waals surface area contributed by atoms with Crippen molar-refractivity contribution in [3.05, 3.63) is 106 Å². The van der Waals surface area contributed by atoms with E-state index in [0.717, 1.165) is 17.5 Å². The van der Waals surface area contributed by atoms with Crippen LogP contribution in [0.15, 0.2) is 89.1 Å². The molecule has 0 radical (unpaired) electrons. The van der Waals surface area contributed by atoms with E-state index in [1.165, 1.54) is 13.3 Å². The number of para-hydroxylation sites is 1. The average molecular weight is 592 g/mol. The van der Waals surface area contributed by atoms with Gasteiger partial charge in [-0.3, -0.25) is 19.1 Å². The van der Waals surface area contributed by atoms with Gasteiger partial charge in [-0.15, -0.1) is 0 Å². The number of ether oxygens (including phenoxy) is 3. The fourth-order valence-corrected chi connectivity index (χ4v) is 5.29. The minimum absolute atomic E-state index is 0.0342. The van der Waals surface area contributed by atoms with Crippen molar-refractivity contribution in [2.24, 2.45) is 5.16 Å². The first-order valence-electron chi connectivity index (χ1n) is 13.9. The highest BCUT2D eigenvalue weighted by molar-refractivity contribution is 6.07. The Morgan fingerprint density at radius 2 is 1.70 bits per heavy atom. The van der Waals surface area contributed by atoms with E-state index in [0.29, 0.717) is 58.3 Å². The maximum absolute atomic E-state index is 13.8. The molecular formula is C33H29N5O6. The summed E-state index contributed by atoms with van der Waals surface area (Å²) in [7, 11) is 4.60. The van der Waals surface area contributed by atoms with Crippen molar-refractivity contribution >= 4 is 28.3 Å². The number of benzene rings is 2. The second kappa shape index (κ2) is 12.3. The van der Waals surface area contributed by atoms with Crippen molar-refractivity contribution in [1.29, 1.82) is 0 Å². The topological polar surface area (TPSA) is 126 Å². The number of rotatable bonds is 8. The molecule has 0 fully saturated rings. The number of anilines is 1. The monoisotopic (exact) mass is 591 g/mol. The second-order valence-corrected chi connectivity index (χ2v) is 9.94. The molecule has 1 aliphatic carbocycles.